The van der Waals surface area contributed by atoms with E-state index in [-0.39, 0.29) is 0 Å². The van der Waals surface area contributed by atoms with Crippen LogP contribution in [0.25, 0.3) is 0 Å². The van der Waals surface area contributed by atoms with Crippen molar-refractivity contribution < 1.29 is 0 Å². The van der Waals surface area contributed by atoms with Crippen LogP contribution in [-0.2, 0) is 0 Å². The number of para-hydroxylation sites is 1. The summed E-state index contributed by atoms with van der Waals surface area (Å²) in [5.41, 5.74) is 7.44. The van der Waals surface area contributed by atoms with E-state index in [1.807, 2.05) is 54.6 Å². The van der Waals surface area contributed by atoms with Crippen molar-refractivity contribution in [2.75, 3.05) is 10.6 Å². The van der Waals surface area contributed by atoms with E-state index in [1.54, 1.807) is 0 Å². The molecular formula is C14H13BrN4S2. The minimum atomic E-state index is 0.425. The van der Waals surface area contributed by atoms with Crippen LogP contribution in [0.2, 0.25) is 0 Å². The minimum Gasteiger partial charge on any atom is -0.331 e. The van der Waals surface area contributed by atoms with Gasteiger partial charge in [-0.1, -0.05) is 34.1 Å². The van der Waals surface area contributed by atoms with E-state index in [0.29, 0.717) is 10.2 Å². The molecule has 0 saturated carbocycles. The molecule has 0 bridgehead atoms. The van der Waals surface area contributed by atoms with Crippen molar-refractivity contribution in [3.8, 4) is 0 Å². The quantitative estimate of drug-likeness (QED) is 0.471. The van der Waals surface area contributed by atoms with Gasteiger partial charge in [-0.3, -0.25) is 10.9 Å². The number of hydrogen-bond acceptors (Lipinski definition) is 2. The van der Waals surface area contributed by atoms with E-state index in [1.165, 1.54) is 0 Å². The van der Waals surface area contributed by atoms with Gasteiger partial charge in [0.25, 0.3) is 0 Å². The zero-order valence-corrected chi connectivity index (χ0v) is 14.1. The summed E-state index contributed by atoms with van der Waals surface area (Å²) in [5, 5.41) is 6.93. The summed E-state index contributed by atoms with van der Waals surface area (Å²) in [6.07, 6.45) is 0. The molecule has 0 saturated heterocycles. The fourth-order valence-electron chi connectivity index (χ4n) is 1.49. The molecule has 2 rings (SSSR count). The van der Waals surface area contributed by atoms with Gasteiger partial charge in [0, 0.05) is 15.8 Å². The van der Waals surface area contributed by atoms with Gasteiger partial charge in [-0.2, -0.15) is 0 Å². The third-order valence-corrected chi connectivity index (χ3v) is 3.36. The molecule has 0 aromatic heterocycles. The second-order valence-electron chi connectivity index (χ2n) is 4.03. The van der Waals surface area contributed by atoms with Crippen molar-refractivity contribution in [2.24, 2.45) is 0 Å². The Hall–Kier alpha value is -1.70. The average Bonchev–Trinajstić information content (AvgIpc) is 2.49. The van der Waals surface area contributed by atoms with Crippen LogP contribution in [0, 0.1) is 0 Å². The van der Waals surface area contributed by atoms with Gasteiger partial charge in [-0.25, -0.2) is 0 Å². The third kappa shape index (κ3) is 5.66. The highest BCUT2D eigenvalue weighted by atomic mass is 79.9. The highest BCUT2D eigenvalue weighted by molar-refractivity contribution is 9.10. The Labute approximate surface area is 142 Å². The van der Waals surface area contributed by atoms with E-state index < -0.39 is 0 Å². The predicted molar refractivity (Wildman–Crippen MR) is 99.3 cm³/mol. The Bertz CT molecular complexity index is 617. The normalized spacial score (nSPS) is 9.57. The summed E-state index contributed by atoms with van der Waals surface area (Å²) in [7, 11) is 0. The van der Waals surface area contributed by atoms with E-state index in [2.05, 4.69) is 37.4 Å². The molecule has 0 aliphatic rings. The highest BCUT2D eigenvalue weighted by Gasteiger charge is 1.99. The number of nitrogens with one attached hydrogen (secondary N) is 4. The predicted octanol–water partition coefficient (Wildman–Crippen LogP) is 3.64. The van der Waals surface area contributed by atoms with Crippen LogP contribution in [0.1, 0.15) is 0 Å². The zero-order valence-electron chi connectivity index (χ0n) is 10.9. The van der Waals surface area contributed by atoms with Crippen molar-refractivity contribution in [2.45, 2.75) is 0 Å². The van der Waals surface area contributed by atoms with Gasteiger partial charge < -0.3 is 10.6 Å². The number of thiocarbonyl (C=S) groups is 2. The molecule has 0 aliphatic heterocycles. The second kappa shape index (κ2) is 7.92. The van der Waals surface area contributed by atoms with E-state index in [4.69, 9.17) is 24.4 Å². The van der Waals surface area contributed by atoms with Crippen LogP contribution in [0.4, 0.5) is 11.4 Å². The molecule has 7 heteroatoms. The first-order chi connectivity index (χ1) is 10.1. The molecule has 0 amide bonds. The molecule has 4 N–H and O–H groups in total. The van der Waals surface area contributed by atoms with Crippen molar-refractivity contribution in [3.63, 3.8) is 0 Å². The Balaban J connectivity index is 1.76. The summed E-state index contributed by atoms with van der Waals surface area (Å²) >= 11 is 13.7. The number of hydrazine groups is 1. The summed E-state index contributed by atoms with van der Waals surface area (Å²) in [5.74, 6) is 0. The fourth-order valence-corrected chi connectivity index (χ4v) is 2.10. The maximum atomic E-state index is 5.17. The van der Waals surface area contributed by atoms with Crippen molar-refractivity contribution in [1.82, 2.24) is 10.9 Å². The van der Waals surface area contributed by atoms with Crippen molar-refractivity contribution in [1.29, 1.82) is 0 Å². The molecular weight excluding hydrogens is 368 g/mol. The Morgan fingerprint density at radius 3 is 1.71 bits per heavy atom. The minimum absolute atomic E-state index is 0.425. The number of benzene rings is 2. The van der Waals surface area contributed by atoms with Crippen LogP contribution in [0.15, 0.2) is 59.1 Å². The van der Waals surface area contributed by atoms with Crippen LogP contribution in [0.5, 0.6) is 0 Å². The van der Waals surface area contributed by atoms with Crippen LogP contribution in [0.3, 0.4) is 0 Å². The Morgan fingerprint density at radius 1 is 0.714 bits per heavy atom. The standard InChI is InChI=1S/C14H13BrN4S2/c15-10-6-8-12(9-7-10)17-14(21)19-18-13(20)16-11-4-2-1-3-5-11/h1-9H,(H2,16,18,20)(H2,17,19,21). The first-order valence-corrected chi connectivity index (χ1v) is 7.69. The Kier molecular flexibility index (Phi) is 5.91. The molecule has 0 radical (unpaired) electrons. The number of rotatable bonds is 2. The summed E-state index contributed by atoms with van der Waals surface area (Å²) < 4.78 is 1.01. The molecule has 0 heterocycles. The van der Waals surface area contributed by atoms with Gasteiger partial charge in [0.2, 0.25) is 0 Å². The van der Waals surface area contributed by atoms with Gasteiger partial charge in [0.1, 0.15) is 0 Å². The topological polar surface area (TPSA) is 48.1 Å². The molecule has 4 nitrogen and oxygen atoms in total. The van der Waals surface area contributed by atoms with Gasteiger partial charge in [0.15, 0.2) is 10.2 Å². The number of hydrogen-bond donors (Lipinski definition) is 4. The monoisotopic (exact) mass is 380 g/mol. The highest BCUT2D eigenvalue weighted by Crippen LogP contribution is 2.13. The van der Waals surface area contributed by atoms with Crippen LogP contribution in [-0.4, -0.2) is 10.2 Å². The summed E-state index contributed by atoms with van der Waals surface area (Å²) in [6.45, 7) is 0. The number of anilines is 2. The lowest BCUT2D eigenvalue weighted by atomic mass is 10.3. The largest absolute Gasteiger partial charge is 0.331 e. The molecule has 2 aromatic rings. The molecule has 21 heavy (non-hydrogen) atoms. The van der Waals surface area contributed by atoms with Gasteiger partial charge in [0.05, 0.1) is 0 Å². The molecule has 108 valence electrons. The smallest absolute Gasteiger partial charge is 0.189 e. The average molecular weight is 381 g/mol. The van der Waals surface area contributed by atoms with Gasteiger partial charge >= 0.3 is 0 Å². The van der Waals surface area contributed by atoms with Gasteiger partial charge in [-0.15, -0.1) is 0 Å². The maximum Gasteiger partial charge on any atom is 0.189 e. The second-order valence-corrected chi connectivity index (χ2v) is 5.76. The lowest BCUT2D eigenvalue weighted by molar-refractivity contribution is 0.885. The lowest BCUT2D eigenvalue weighted by Crippen LogP contribution is -2.45. The van der Waals surface area contributed by atoms with E-state index >= 15 is 0 Å². The van der Waals surface area contributed by atoms with Crippen LogP contribution < -0.4 is 21.5 Å². The van der Waals surface area contributed by atoms with Crippen molar-refractivity contribution in [3.05, 3.63) is 59.1 Å². The first kappa shape index (κ1) is 15.7. The maximum absolute atomic E-state index is 5.17. The fraction of sp³-hybridized carbons (Fsp3) is 0. The van der Waals surface area contributed by atoms with Crippen molar-refractivity contribution >= 4 is 62.0 Å². The first-order valence-electron chi connectivity index (χ1n) is 6.08. The van der Waals surface area contributed by atoms with E-state index in [0.717, 1.165) is 15.8 Å². The Morgan fingerprint density at radius 2 is 1.19 bits per heavy atom. The van der Waals surface area contributed by atoms with E-state index in [9.17, 15) is 0 Å². The number of halogens is 1. The molecule has 0 atom stereocenters. The third-order valence-electron chi connectivity index (χ3n) is 2.42. The summed E-state index contributed by atoms with van der Waals surface area (Å²) in [6, 6.07) is 17.3. The summed E-state index contributed by atoms with van der Waals surface area (Å²) in [4.78, 5) is 0. The lowest BCUT2D eigenvalue weighted by Gasteiger charge is -2.14. The molecule has 0 fully saturated rings. The van der Waals surface area contributed by atoms with Gasteiger partial charge in [-0.05, 0) is 60.8 Å². The molecule has 0 spiro atoms. The molecule has 0 aliphatic carbocycles. The molecule has 2 aromatic carbocycles. The SMILES string of the molecule is S=C(NNC(=S)Nc1ccc(Br)cc1)Nc1ccccc1. The van der Waals surface area contributed by atoms with Crippen LogP contribution >= 0.6 is 40.4 Å². The molecule has 0 unspecified atom stereocenters. The zero-order chi connectivity index (χ0) is 15.1.